The average molecular weight is 263 g/mol. The van der Waals surface area contributed by atoms with Gasteiger partial charge in [-0.2, -0.15) is 13.2 Å². The van der Waals surface area contributed by atoms with E-state index in [4.69, 9.17) is 5.11 Å². The first-order valence-electron chi connectivity index (χ1n) is 4.66. The minimum Gasteiger partial charge on any atom is -0.350 e. The van der Waals surface area contributed by atoms with Gasteiger partial charge in [0, 0.05) is 4.88 Å². The Kier molecular flexibility index (Phi) is 2.96. The fraction of sp³-hybridized carbons (Fsp3) is 0.300. The van der Waals surface area contributed by atoms with E-state index in [9.17, 15) is 13.2 Å². The van der Waals surface area contributed by atoms with Crippen LogP contribution in [0.2, 0.25) is 0 Å². The highest BCUT2D eigenvalue weighted by Gasteiger charge is 2.60. The summed E-state index contributed by atoms with van der Waals surface area (Å²) in [6.07, 6.45) is -2.53. The molecule has 0 saturated carbocycles. The first-order chi connectivity index (χ1) is 7.91. The molecule has 1 aliphatic heterocycles. The largest absolute Gasteiger partial charge is 0.458 e. The molecule has 7 heteroatoms. The van der Waals surface area contributed by atoms with Crippen LogP contribution in [0.15, 0.2) is 28.7 Å². The molecule has 0 radical (unpaired) electrons. The molecule has 3 nitrogen and oxygen atoms in total. The number of halogens is 3. The van der Waals surface area contributed by atoms with Crippen LogP contribution in [0, 0.1) is 0 Å². The third-order valence-corrected chi connectivity index (χ3v) is 3.00. The van der Waals surface area contributed by atoms with Crippen molar-refractivity contribution in [3.63, 3.8) is 0 Å². The normalized spacial score (nSPS) is 25.1. The molecule has 1 atom stereocenters. The van der Waals surface area contributed by atoms with Crippen LogP contribution in [0.25, 0.3) is 6.08 Å². The van der Waals surface area contributed by atoms with E-state index in [0.29, 0.717) is 0 Å². The topological polar surface area (TPSA) is 41.8 Å². The van der Waals surface area contributed by atoms with Crippen LogP contribution in [-0.2, 0) is 4.84 Å². The number of alkyl halides is 3. The molecule has 0 aromatic carbocycles. The number of hydrogen-bond donors (Lipinski definition) is 1. The number of allylic oxidation sites excluding steroid dienone is 1. The van der Waals surface area contributed by atoms with E-state index in [-0.39, 0.29) is 5.71 Å². The average Bonchev–Trinajstić information content (AvgIpc) is 2.83. The number of rotatable bonds is 2. The summed E-state index contributed by atoms with van der Waals surface area (Å²) in [5, 5.41) is 14.2. The Balaban J connectivity index is 2.03. The zero-order valence-electron chi connectivity index (χ0n) is 8.44. The maximum Gasteiger partial charge on any atom is 0.458 e. The highest BCUT2D eigenvalue weighted by atomic mass is 32.1. The van der Waals surface area contributed by atoms with E-state index < -0.39 is 18.4 Å². The third-order valence-electron chi connectivity index (χ3n) is 2.16. The molecule has 0 saturated heterocycles. The summed E-state index contributed by atoms with van der Waals surface area (Å²) in [5.74, 6) is -3.19. The van der Waals surface area contributed by atoms with Gasteiger partial charge in [-0.3, -0.25) is 0 Å². The van der Waals surface area contributed by atoms with Gasteiger partial charge in [0.25, 0.3) is 0 Å². The molecule has 0 bridgehead atoms. The third kappa shape index (κ3) is 2.50. The predicted molar refractivity (Wildman–Crippen MR) is 57.5 cm³/mol. The Morgan fingerprint density at radius 3 is 2.76 bits per heavy atom. The van der Waals surface area contributed by atoms with Crippen LogP contribution in [-0.4, -0.2) is 22.8 Å². The maximum atomic E-state index is 12.4. The van der Waals surface area contributed by atoms with E-state index >= 15 is 0 Å². The summed E-state index contributed by atoms with van der Waals surface area (Å²) in [6, 6.07) is 3.64. The first-order valence-corrected chi connectivity index (χ1v) is 5.54. The van der Waals surface area contributed by atoms with Crippen molar-refractivity contribution >= 4 is 23.1 Å². The van der Waals surface area contributed by atoms with Crippen molar-refractivity contribution in [1.82, 2.24) is 0 Å². The second kappa shape index (κ2) is 4.15. The monoisotopic (exact) mass is 263 g/mol. The zero-order chi connectivity index (χ0) is 12.5. The lowest BCUT2D eigenvalue weighted by atomic mass is 10.1. The molecular formula is C10H8F3NO2S. The van der Waals surface area contributed by atoms with Crippen molar-refractivity contribution in [3.8, 4) is 0 Å². The quantitative estimate of drug-likeness (QED) is 0.891. The highest BCUT2D eigenvalue weighted by molar-refractivity contribution is 7.10. The van der Waals surface area contributed by atoms with Crippen LogP contribution in [0.1, 0.15) is 11.3 Å². The summed E-state index contributed by atoms with van der Waals surface area (Å²) in [5.41, 5.74) is 0.0539. The van der Waals surface area contributed by atoms with E-state index in [1.54, 1.807) is 6.08 Å². The van der Waals surface area contributed by atoms with Crippen LogP contribution in [0.5, 0.6) is 0 Å². The summed E-state index contributed by atoms with van der Waals surface area (Å²) < 4.78 is 37.1. The number of aliphatic hydroxyl groups is 1. The van der Waals surface area contributed by atoms with Crippen molar-refractivity contribution in [2.75, 3.05) is 0 Å². The summed E-state index contributed by atoms with van der Waals surface area (Å²) in [7, 11) is 0. The lowest BCUT2D eigenvalue weighted by Gasteiger charge is -2.22. The lowest BCUT2D eigenvalue weighted by molar-refractivity contribution is -0.355. The molecule has 0 aliphatic carbocycles. The van der Waals surface area contributed by atoms with Crippen LogP contribution in [0.3, 0.4) is 0 Å². The summed E-state index contributed by atoms with van der Waals surface area (Å²) in [6.45, 7) is 0. The van der Waals surface area contributed by atoms with E-state index in [1.807, 2.05) is 17.5 Å². The van der Waals surface area contributed by atoms with Gasteiger partial charge < -0.3 is 9.94 Å². The Hall–Kier alpha value is -1.34. The van der Waals surface area contributed by atoms with Gasteiger partial charge in [-0.25, -0.2) is 0 Å². The van der Waals surface area contributed by atoms with Crippen molar-refractivity contribution in [1.29, 1.82) is 0 Å². The van der Waals surface area contributed by atoms with Crippen molar-refractivity contribution in [2.45, 2.75) is 18.4 Å². The molecule has 1 aromatic rings. The van der Waals surface area contributed by atoms with Crippen LogP contribution < -0.4 is 0 Å². The molecule has 2 rings (SSSR count). The van der Waals surface area contributed by atoms with E-state index in [1.165, 1.54) is 17.4 Å². The Bertz CT molecular complexity index is 453. The second-order valence-corrected chi connectivity index (χ2v) is 4.46. The lowest BCUT2D eigenvalue weighted by Crippen LogP contribution is -2.45. The molecule has 0 fully saturated rings. The fourth-order valence-corrected chi connectivity index (χ4v) is 1.87. The van der Waals surface area contributed by atoms with Gasteiger partial charge in [-0.05, 0) is 23.6 Å². The van der Waals surface area contributed by atoms with Gasteiger partial charge in [0.1, 0.15) is 0 Å². The SMILES string of the molecule is O[C@]1(C(F)(F)F)CC(/C=C\c2cccs2)=NO1. The van der Waals surface area contributed by atoms with Crippen LogP contribution in [0.4, 0.5) is 13.2 Å². The number of hydrogen-bond acceptors (Lipinski definition) is 4. The van der Waals surface area contributed by atoms with E-state index in [2.05, 4.69) is 9.99 Å². The predicted octanol–water partition coefficient (Wildman–Crippen LogP) is 2.79. The summed E-state index contributed by atoms with van der Waals surface area (Å²) in [4.78, 5) is 4.94. The fourth-order valence-electron chi connectivity index (χ4n) is 1.25. The van der Waals surface area contributed by atoms with Gasteiger partial charge in [-0.15, -0.1) is 11.3 Å². The standard InChI is InChI=1S/C10H8F3NO2S/c11-10(12,13)9(15)6-7(14-16-9)3-4-8-2-1-5-17-8/h1-5,15H,6H2/b4-3-/t9-/m1/s1. The Morgan fingerprint density at radius 2 is 2.24 bits per heavy atom. The molecule has 0 amide bonds. The van der Waals surface area contributed by atoms with Crippen LogP contribution >= 0.6 is 11.3 Å². The van der Waals surface area contributed by atoms with Crippen molar-refractivity contribution < 1.29 is 23.1 Å². The van der Waals surface area contributed by atoms with Gasteiger partial charge in [-0.1, -0.05) is 11.2 Å². The molecule has 92 valence electrons. The van der Waals surface area contributed by atoms with Crippen molar-refractivity contribution in [2.24, 2.45) is 5.16 Å². The van der Waals surface area contributed by atoms with Crippen molar-refractivity contribution in [3.05, 3.63) is 28.5 Å². The Labute approximate surface area is 98.8 Å². The number of nitrogens with zero attached hydrogens (tertiary/aromatic N) is 1. The van der Waals surface area contributed by atoms with Gasteiger partial charge in [0.2, 0.25) is 0 Å². The van der Waals surface area contributed by atoms with E-state index in [0.717, 1.165) is 4.88 Å². The molecule has 1 aromatic heterocycles. The molecule has 2 heterocycles. The molecule has 1 N–H and O–H groups in total. The molecule has 0 spiro atoms. The van der Waals surface area contributed by atoms with Gasteiger partial charge >= 0.3 is 12.0 Å². The highest BCUT2D eigenvalue weighted by Crippen LogP contribution is 2.38. The molecule has 0 unspecified atom stereocenters. The second-order valence-electron chi connectivity index (χ2n) is 3.48. The minimum atomic E-state index is -4.85. The number of oxime groups is 1. The molecule has 1 aliphatic rings. The van der Waals surface area contributed by atoms with Gasteiger partial charge in [0.15, 0.2) is 0 Å². The summed E-state index contributed by atoms with van der Waals surface area (Å²) >= 11 is 1.44. The minimum absolute atomic E-state index is 0.0539. The number of thiophene rings is 1. The molecular weight excluding hydrogens is 255 g/mol. The smallest absolute Gasteiger partial charge is 0.350 e. The Morgan fingerprint density at radius 1 is 1.47 bits per heavy atom. The first kappa shape index (κ1) is 12.1. The van der Waals surface area contributed by atoms with Gasteiger partial charge in [0.05, 0.1) is 12.1 Å². The molecule has 17 heavy (non-hydrogen) atoms. The maximum absolute atomic E-state index is 12.4. The zero-order valence-corrected chi connectivity index (χ0v) is 9.26.